The molecule has 180 valence electrons. The zero-order chi connectivity index (χ0) is 24.7. The SMILES string of the molecule is C/C(=N\OC(C)C)c1cn(CC(O)c2ccccc2)c(=O)n(C[C@H](C)NC(=O)C(C)C)c1=O. The van der Waals surface area contributed by atoms with Gasteiger partial charge in [-0.2, -0.15) is 0 Å². The van der Waals surface area contributed by atoms with Gasteiger partial charge in [-0.3, -0.25) is 18.7 Å². The van der Waals surface area contributed by atoms with Gasteiger partial charge < -0.3 is 15.3 Å². The van der Waals surface area contributed by atoms with Crippen molar-refractivity contribution in [3.05, 3.63) is 68.5 Å². The van der Waals surface area contributed by atoms with Crippen LogP contribution in [0.25, 0.3) is 0 Å². The standard InChI is InChI=1S/C24H34N4O5/c1-15(2)22(30)25-17(5)12-28-23(31)20(18(6)26-33-16(3)4)13-27(24(28)32)14-21(29)19-10-8-7-9-11-19/h7-11,13,15-17,21,29H,12,14H2,1-6H3,(H,25,30)/b26-18+/t17-,21?/m0/s1. The number of hydrogen-bond donors (Lipinski definition) is 2. The second kappa shape index (κ2) is 11.6. The van der Waals surface area contributed by atoms with E-state index in [0.29, 0.717) is 11.3 Å². The van der Waals surface area contributed by atoms with Gasteiger partial charge in [-0.25, -0.2) is 4.79 Å². The van der Waals surface area contributed by atoms with Crippen molar-refractivity contribution in [1.82, 2.24) is 14.5 Å². The molecule has 1 aromatic heterocycles. The quantitative estimate of drug-likeness (QED) is 0.418. The summed E-state index contributed by atoms with van der Waals surface area (Å²) in [5.41, 5.74) is 0.0172. The minimum Gasteiger partial charge on any atom is -0.393 e. The summed E-state index contributed by atoms with van der Waals surface area (Å²) in [6, 6.07) is 8.50. The average Bonchev–Trinajstić information content (AvgIpc) is 2.77. The van der Waals surface area contributed by atoms with Crippen molar-refractivity contribution >= 4 is 11.6 Å². The van der Waals surface area contributed by atoms with Crippen molar-refractivity contribution in [2.24, 2.45) is 11.1 Å². The van der Waals surface area contributed by atoms with Gasteiger partial charge in [0, 0.05) is 18.2 Å². The summed E-state index contributed by atoms with van der Waals surface area (Å²) >= 11 is 0. The lowest BCUT2D eigenvalue weighted by molar-refractivity contribution is -0.124. The molecule has 0 saturated heterocycles. The van der Waals surface area contributed by atoms with Crippen LogP contribution in [0.15, 0.2) is 51.3 Å². The zero-order valence-corrected chi connectivity index (χ0v) is 20.1. The predicted molar refractivity (Wildman–Crippen MR) is 127 cm³/mol. The van der Waals surface area contributed by atoms with Crippen molar-refractivity contribution in [3.8, 4) is 0 Å². The van der Waals surface area contributed by atoms with Crippen LogP contribution in [0, 0.1) is 5.92 Å². The Kier molecular flexibility index (Phi) is 9.16. The van der Waals surface area contributed by atoms with Crippen LogP contribution in [0.4, 0.5) is 0 Å². The van der Waals surface area contributed by atoms with Gasteiger partial charge in [-0.1, -0.05) is 49.3 Å². The van der Waals surface area contributed by atoms with Crippen molar-refractivity contribution in [2.45, 2.75) is 72.9 Å². The van der Waals surface area contributed by atoms with E-state index in [1.807, 2.05) is 19.9 Å². The predicted octanol–water partition coefficient (Wildman–Crippen LogP) is 2.05. The van der Waals surface area contributed by atoms with Crippen LogP contribution in [-0.4, -0.2) is 38.0 Å². The van der Waals surface area contributed by atoms with E-state index in [9.17, 15) is 19.5 Å². The van der Waals surface area contributed by atoms with Crippen LogP contribution in [-0.2, 0) is 22.7 Å². The molecule has 2 N–H and O–H groups in total. The van der Waals surface area contributed by atoms with Gasteiger partial charge in [-0.05, 0) is 33.3 Å². The highest BCUT2D eigenvalue weighted by molar-refractivity contribution is 5.97. The fourth-order valence-corrected chi connectivity index (χ4v) is 3.12. The fourth-order valence-electron chi connectivity index (χ4n) is 3.12. The molecule has 1 unspecified atom stereocenters. The molecule has 2 aromatic rings. The summed E-state index contributed by atoms with van der Waals surface area (Å²) in [5, 5.41) is 17.5. The Bertz CT molecular complexity index is 1090. The molecule has 0 radical (unpaired) electrons. The number of hydrogen-bond acceptors (Lipinski definition) is 6. The van der Waals surface area contributed by atoms with Crippen LogP contribution in [0.5, 0.6) is 0 Å². The number of nitrogens with one attached hydrogen (secondary N) is 1. The van der Waals surface area contributed by atoms with Gasteiger partial charge in [0.15, 0.2) is 0 Å². The zero-order valence-electron chi connectivity index (χ0n) is 20.1. The number of nitrogens with zero attached hydrogens (tertiary/aromatic N) is 3. The molecule has 0 aliphatic rings. The molecule has 2 atom stereocenters. The minimum absolute atomic E-state index is 0.0241. The first-order valence-corrected chi connectivity index (χ1v) is 11.1. The maximum Gasteiger partial charge on any atom is 0.331 e. The first kappa shape index (κ1) is 26.1. The Morgan fingerprint density at radius 2 is 1.73 bits per heavy atom. The Balaban J connectivity index is 2.50. The van der Waals surface area contributed by atoms with E-state index in [2.05, 4.69) is 10.5 Å². The first-order valence-electron chi connectivity index (χ1n) is 11.1. The molecule has 9 heteroatoms. The number of aliphatic hydroxyl groups is 1. The van der Waals surface area contributed by atoms with Crippen LogP contribution in [0.2, 0.25) is 0 Å². The van der Waals surface area contributed by atoms with Gasteiger partial charge in [0.25, 0.3) is 5.56 Å². The molecule has 1 aromatic carbocycles. The number of carbonyl (C=O) groups is 1. The van der Waals surface area contributed by atoms with Gasteiger partial charge >= 0.3 is 5.69 Å². The molecular weight excluding hydrogens is 424 g/mol. The summed E-state index contributed by atoms with van der Waals surface area (Å²) in [6.07, 6.45) is 0.261. The third kappa shape index (κ3) is 7.15. The van der Waals surface area contributed by atoms with Crippen LogP contribution < -0.4 is 16.6 Å². The highest BCUT2D eigenvalue weighted by Crippen LogP contribution is 2.13. The van der Waals surface area contributed by atoms with Gasteiger partial charge in [0.2, 0.25) is 5.91 Å². The van der Waals surface area contributed by atoms with Crippen molar-refractivity contribution in [2.75, 3.05) is 0 Å². The van der Waals surface area contributed by atoms with Crippen LogP contribution >= 0.6 is 0 Å². The van der Waals surface area contributed by atoms with E-state index in [1.165, 1.54) is 10.8 Å². The number of aliphatic hydroxyl groups excluding tert-OH is 1. The van der Waals surface area contributed by atoms with E-state index in [-0.39, 0.29) is 36.6 Å². The smallest absolute Gasteiger partial charge is 0.331 e. The molecule has 0 spiro atoms. The molecule has 0 aliphatic heterocycles. The number of aromatic nitrogens is 2. The maximum absolute atomic E-state index is 13.2. The van der Waals surface area contributed by atoms with Crippen molar-refractivity contribution in [1.29, 1.82) is 0 Å². The minimum atomic E-state index is -0.954. The van der Waals surface area contributed by atoms with Crippen LogP contribution in [0.1, 0.15) is 58.8 Å². The average molecular weight is 459 g/mol. The highest BCUT2D eigenvalue weighted by atomic mass is 16.6. The summed E-state index contributed by atoms with van der Waals surface area (Å²) < 4.78 is 2.35. The third-order valence-electron chi connectivity index (χ3n) is 4.95. The first-order chi connectivity index (χ1) is 15.5. The maximum atomic E-state index is 13.2. The van der Waals surface area contributed by atoms with Gasteiger partial charge in [0.05, 0.1) is 30.5 Å². The molecule has 1 amide bonds. The van der Waals surface area contributed by atoms with E-state index >= 15 is 0 Å². The third-order valence-corrected chi connectivity index (χ3v) is 4.95. The normalized spacial score (nSPS) is 13.8. The summed E-state index contributed by atoms with van der Waals surface area (Å²) in [6.45, 7) is 10.4. The second-order valence-electron chi connectivity index (χ2n) is 8.72. The summed E-state index contributed by atoms with van der Waals surface area (Å²) in [5.74, 6) is -0.398. The Hall–Kier alpha value is -3.20. The lowest BCUT2D eigenvalue weighted by Gasteiger charge is -2.19. The molecule has 9 nitrogen and oxygen atoms in total. The molecular formula is C24H34N4O5. The van der Waals surface area contributed by atoms with Crippen molar-refractivity contribution in [3.63, 3.8) is 0 Å². The number of rotatable bonds is 10. The van der Waals surface area contributed by atoms with E-state index in [4.69, 9.17) is 4.84 Å². The number of amides is 1. The fraction of sp³-hybridized carbons (Fsp3) is 0.500. The highest BCUT2D eigenvalue weighted by Gasteiger charge is 2.19. The van der Waals surface area contributed by atoms with E-state index < -0.39 is 23.4 Å². The molecule has 0 saturated carbocycles. The molecule has 1 heterocycles. The molecule has 0 aliphatic carbocycles. The summed E-state index contributed by atoms with van der Waals surface area (Å²) in [7, 11) is 0. The largest absolute Gasteiger partial charge is 0.393 e. The Labute approximate surface area is 193 Å². The number of oxime groups is 1. The second-order valence-corrected chi connectivity index (χ2v) is 8.72. The van der Waals surface area contributed by atoms with E-state index in [0.717, 1.165) is 4.57 Å². The van der Waals surface area contributed by atoms with Crippen LogP contribution in [0.3, 0.4) is 0 Å². The summed E-state index contributed by atoms with van der Waals surface area (Å²) in [4.78, 5) is 43.7. The molecule has 33 heavy (non-hydrogen) atoms. The van der Waals surface area contributed by atoms with Crippen molar-refractivity contribution < 1.29 is 14.7 Å². The van der Waals surface area contributed by atoms with Gasteiger partial charge in [-0.15, -0.1) is 0 Å². The Morgan fingerprint density at radius 1 is 1.09 bits per heavy atom. The lowest BCUT2D eigenvalue weighted by Crippen LogP contribution is -2.48. The molecule has 2 rings (SSSR count). The number of carbonyl (C=O) groups excluding carboxylic acids is 1. The topological polar surface area (TPSA) is 115 Å². The monoisotopic (exact) mass is 458 g/mol. The number of benzene rings is 1. The lowest BCUT2D eigenvalue weighted by atomic mass is 10.1. The van der Waals surface area contributed by atoms with Gasteiger partial charge in [0.1, 0.15) is 6.10 Å². The molecule has 0 bridgehead atoms. The van der Waals surface area contributed by atoms with E-state index in [1.54, 1.807) is 52.0 Å². The Morgan fingerprint density at radius 3 is 2.30 bits per heavy atom. The molecule has 0 fully saturated rings.